The molecule has 1 aromatic heterocycles. The van der Waals surface area contributed by atoms with Crippen LogP contribution in [0.15, 0.2) is 17.1 Å². The monoisotopic (exact) mass is 538 g/mol. The highest BCUT2D eigenvalue weighted by atomic mass is 35.6. The van der Waals surface area contributed by atoms with E-state index in [0.717, 1.165) is 16.9 Å². The number of piperazine rings is 1. The number of pyridine rings is 1. The number of alkyl halides is 3. The van der Waals surface area contributed by atoms with Gasteiger partial charge in [-0.15, -0.1) is 0 Å². The summed E-state index contributed by atoms with van der Waals surface area (Å²) in [6, 6.07) is 0.802. The van der Waals surface area contributed by atoms with Gasteiger partial charge in [-0.25, -0.2) is 19.0 Å². The molecule has 2 heterocycles. The first-order valence-corrected chi connectivity index (χ1v) is 11.4. The Labute approximate surface area is 209 Å². The molecule has 0 aliphatic carbocycles. The lowest BCUT2D eigenvalue weighted by atomic mass is 10.1. The van der Waals surface area contributed by atoms with E-state index in [-0.39, 0.29) is 5.69 Å². The summed E-state index contributed by atoms with van der Waals surface area (Å²) >= 11 is 16.9. The summed E-state index contributed by atoms with van der Waals surface area (Å²) in [7, 11) is 1.88. The second-order valence-corrected chi connectivity index (χ2v) is 11.2. The number of nitrogens with one attached hydrogen (secondary N) is 1. The minimum absolute atomic E-state index is 0.337. The Morgan fingerprint density at radius 3 is 2.21 bits per heavy atom. The van der Waals surface area contributed by atoms with Gasteiger partial charge in [0.2, 0.25) is 11.2 Å². The summed E-state index contributed by atoms with van der Waals surface area (Å²) in [5, 5.41) is -0.524. The lowest BCUT2D eigenvalue weighted by molar-refractivity contribution is 0.0613. The Morgan fingerprint density at radius 1 is 1.09 bits per heavy atom. The van der Waals surface area contributed by atoms with Gasteiger partial charge in [-0.05, 0) is 33.9 Å². The second kappa shape index (κ2) is 9.49. The maximum atomic E-state index is 15.8. The van der Waals surface area contributed by atoms with Gasteiger partial charge < -0.3 is 14.5 Å². The molecule has 1 saturated heterocycles. The van der Waals surface area contributed by atoms with Crippen molar-refractivity contribution in [3.63, 3.8) is 0 Å². The average molecular weight is 540 g/mol. The third kappa shape index (κ3) is 5.56. The molecule has 1 amide bonds. The number of hydrogen-bond donors (Lipinski definition) is 1. The van der Waals surface area contributed by atoms with Crippen molar-refractivity contribution >= 4 is 63.3 Å². The molecule has 0 saturated carbocycles. The number of carbonyl (C=O) groups excluding carboxylic acids is 2. The van der Waals surface area contributed by atoms with Gasteiger partial charge in [0.1, 0.15) is 22.6 Å². The largest absolute Gasteiger partial charge is 0.443 e. The summed E-state index contributed by atoms with van der Waals surface area (Å²) in [5.74, 6) is -3.33. The molecule has 0 radical (unpaired) electrons. The molecular formula is C21H23Cl3F2N4O4. The highest BCUT2D eigenvalue weighted by molar-refractivity contribution is 6.77. The van der Waals surface area contributed by atoms with E-state index < -0.39 is 54.8 Å². The first kappa shape index (κ1) is 26.5. The summed E-state index contributed by atoms with van der Waals surface area (Å²) in [6.45, 7) is 6.62. The van der Waals surface area contributed by atoms with Crippen LogP contribution in [0.4, 0.5) is 19.3 Å². The number of ether oxygens (including phenoxy) is 1. The lowest BCUT2D eigenvalue weighted by Crippen LogP contribution is -2.45. The van der Waals surface area contributed by atoms with Crippen LogP contribution in [0, 0.1) is 11.6 Å². The number of benzene rings is 1. The molecule has 1 N–H and O–H groups in total. The maximum absolute atomic E-state index is 15.8. The van der Waals surface area contributed by atoms with Crippen LogP contribution in [0.2, 0.25) is 0 Å². The van der Waals surface area contributed by atoms with E-state index >= 15 is 8.78 Å². The van der Waals surface area contributed by atoms with Crippen molar-refractivity contribution in [3.05, 3.63) is 39.7 Å². The fourth-order valence-corrected chi connectivity index (χ4v) is 3.83. The molecule has 0 spiro atoms. The number of aromatic nitrogens is 1. The minimum atomic E-state index is -2.52. The minimum Gasteiger partial charge on any atom is -0.443 e. The number of carbonyl (C=O) groups is 2. The zero-order valence-electron chi connectivity index (χ0n) is 18.8. The standard InChI is InChI=1S/C21H23Cl3F2N4O4/c1-20(2,3)34-19(33)27-30-10-12(18(32)21(22,23)24)17(31)11-9-13(25)16(14(26)15(11)30)29-7-5-28(4)6-8-29/h9-10H,5-8H2,1-4H3,(H,27,33). The number of rotatable bonds is 3. The summed E-state index contributed by atoms with van der Waals surface area (Å²) in [4.78, 5) is 41.5. The molecule has 1 aromatic carbocycles. The molecule has 13 heteroatoms. The van der Waals surface area contributed by atoms with E-state index in [4.69, 9.17) is 39.5 Å². The zero-order chi connectivity index (χ0) is 25.6. The Bertz CT molecular complexity index is 1200. The van der Waals surface area contributed by atoms with Crippen molar-refractivity contribution in [1.29, 1.82) is 0 Å². The summed E-state index contributed by atoms with van der Waals surface area (Å²) < 4.78 is 34.3. The van der Waals surface area contributed by atoms with Crippen LogP contribution in [0.3, 0.4) is 0 Å². The summed E-state index contributed by atoms with van der Waals surface area (Å²) in [6.07, 6.45) is -0.192. The molecule has 186 valence electrons. The summed E-state index contributed by atoms with van der Waals surface area (Å²) in [5.41, 5.74) is -1.22. The quantitative estimate of drug-likeness (QED) is 0.468. The van der Waals surface area contributed by atoms with Crippen LogP contribution < -0.4 is 15.8 Å². The third-order valence-corrected chi connectivity index (χ3v) is 5.60. The van der Waals surface area contributed by atoms with E-state index in [1.165, 1.54) is 4.90 Å². The van der Waals surface area contributed by atoms with E-state index in [1.807, 2.05) is 11.9 Å². The van der Waals surface area contributed by atoms with Gasteiger partial charge in [0.25, 0.3) is 3.79 Å². The highest BCUT2D eigenvalue weighted by Crippen LogP contribution is 2.33. The van der Waals surface area contributed by atoms with Crippen LogP contribution in [0.5, 0.6) is 0 Å². The number of ketones is 1. The number of hydrogen-bond acceptors (Lipinski definition) is 6. The Hall–Kier alpha value is -2.14. The highest BCUT2D eigenvalue weighted by Gasteiger charge is 2.35. The van der Waals surface area contributed by atoms with Crippen LogP contribution in [0.1, 0.15) is 31.1 Å². The van der Waals surface area contributed by atoms with Crippen LogP contribution in [-0.2, 0) is 4.74 Å². The molecule has 3 rings (SSSR count). The van der Waals surface area contributed by atoms with Crippen LogP contribution in [-0.4, -0.2) is 64.1 Å². The lowest BCUT2D eigenvalue weighted by Gasteiger charge is -2.34. The van der Waals surface area contributed by atoms with Crippen molar-refractivity contribution in [2.24, 2.45) is 0 Å². The SMILES string of the molecule is CN1CCN(c2c(F)cc3c(=O)c(C(=O)C(Cl)(Cl)Cl)cn(NC(=O)OC(C)(C)C)c3c2F)CC1. The Morgan fingerprint density at radius 2 is 1.68 bits per heavy atom. The Balaban J connectivity index is 2.26. The van der Waals surface area contributed by atoms with Gasteiger partial charge in [0.15, 0.2) is 5.82 Å². The molecule has 2 aromatic rings. The molecule has 0 bridgehead atoms. The maximum Gasteiger partial charge on any atom is 0.426 e. The van der Waals surface area contributed by atoms with E-state index in [2.05, 4.69) is 5.43 Å². The van der Waals surface area contributed by atoms with Gasteiger partial charge in [-0.1, -0.05) is 34.8 Å². The number of halogens is 5. The van der Waals surface area contributed by atoms with Crippen molar-refractivity contribution < 1.29 is 23.1 Å². The van der Waals surface area contributed by atoms with Crippen molar-refractivity contribution in [1.82, 2.24) is 9.58 Å². The van der Waals surface area contributed by atoms with Gasteiger partial charge >= 0.3 is 6.09 Å². The molecule has 0 unspecified atom stereocenters. The predicted molar refractivity (Wildman–Crippen MR) is 128 cm³/mol. The second-order valence-electron chi connectivity index (χ2n) is 8.89. The fourth-order valence-electron chi connectivity index (χ4n) is 3.53. The first-order chi connectivity index (χ1) is 15.6. The third-order valence-electron chi connectivity index (χ3n) is 5.09. The number of Topliss-reactive ketones (excluding diaryl/α,β-unsaturated/α-hetero) is 1. The van der Waals surface area contributed by atoms with Crippen LogP contribution >= 0.6 is 34.8 Å². The molecular weight excluding hydrogens is 517 g/mol. The Kier molecular flexibility index (Phi) is 7.38. The number of fused-ring (bicyclic) bond motifs is 1. The molecule has 0 atom stereocenters. The number of amides is 1. The van der Waals surface area contributed by atoms with E-state index in [1.54, 1.807) is 20.8 Å². The predicted octanol–water partition coefficient (Wildman–Crippen LogP) is 4.06. The smallest absolute Gasteiger partial charge is 0.426 e. The van der Waals surface area contributed by atoms with Gasteiger partial charge in [-0.2, -0.15) is 0 Å². The normalized spacial score (nSPS) is 15.5. The van der Waals surface area contributed by atoms with Gasteiger partial charge in [0, 0.05) is 32.4 Å². The van der Waals surface area contributed by atoms with Crippen molar-refractivity contribution in [3.8, 4) is 0 Å². The van der Waals surface area contributed by atoms with Gasteiger partial charge in [-0.3, -0.25) is 14.3 Å². The molecule has 1 aliphatic heterocycles. The van der Waals surface area contributed by atoms with Crippen molar-refractivity contribution in [2.75, 3.05) is 43.6 Å². The topological polar surface area (TPSA) is 83.9 Å². The molecule has 1 fully saturated rings. The average Bonchev–Trinajstić information content (AvgIpc) is 2.68. The van der Waals surface area contributed by atoms with Gasteiger partial charge in [0.05, 0.1) is 10.9 Å². The number of nitrogens with zero attached hydrogens (tertiary/aromatic N) is 3. The number of anilines is 1. The van der Waals surface area contributed by atoms with Crippen molar-refractivity contribution in [2.45, 2.75) is 30.2 Å². The fraction of sp³-hybridized carbons (Fsp3) is 0.476. The molecule has 8 nitrogen and oxygen atoms in total. The molecule has 34 heavy (non-hydrogen) atoms. The van der Waals surface area contributed by atoms with E-state index in [9.17, 15) is 14.4 Å². The van der Waals surface area contributed by atoms with E-state index in [0.29, 0.717) is 26.2 Å². The zero-order valence-corrected chi connectivity index (χ0v) is 21.1. The number of likely N-dealkylation sites (N-methyl/N-ethyl adjacent to an activating group) is 1. The molecule has 1 aliphatic rings. The van der Waals surface area contributed by atoms with Crippen LogP contribution in [0.25, 0.3) is 10.9 Å². The first-order valence-electron chi connectivity index (χ1n) is 10.2.